The molecule has 1 aliphatic rings. The molecule has 124 valence electrons. The number of H-pyrrole nitrogens is 1. The minimum absolute atomic E-state index is 0.248. The minimum atomic E-state index is -3.12. The van der Waals surface area contributed by atoms with Gasteiger partial charge in [0.15, 0.2) is 0 Å². The van der Waals surface area contributed by atoms with Crippen LogP contribution in [0.4, 0.5) is 0 Å². The summed E-state index contributed by atoms with van der Waals surface area (Å²) in [6, 6.07) is 5.80. The normalized spacial score (nSPS) is 16.7. The average molecular weight is 353 g/mol. The van der Waals surface area contributed by atoms with Gasteiger partial charge in [-0.2, -0.15) is 4.31 Å². The van der Waals surface area contributed by atoms with Crippen molar-refractivity contribution in [2.45, 2.75) is 26.2 Å². The van der Waals surface area contributed by atoms with Crippen molar-refractivity contribution in [3.8, 4) is 0 Å². The van der Waals surface area contributed by atoms with Crippen LogP contribution >= 0.6 is 11.6 Å². The van der Waals surface area contributed by atoms with Gasteiger partial charge in [0.1, 0.15) is 0 Å². The summed E-state index contributed by atoms with van der Waals surface area (Å²) in [5, 5.41) is 1.83. The number of unbranched alkanes of at least 4 members (excludes halogenated alkanes) is 1. The van der Waals surface area contributed by atoms with Crippen molar-refractivity contribution >= 4 is 38.1 Å². The fraction of sp³-hybridized carbons (Fsp3) is 0.412. The van der Waals surface area contributed by atoms with E-state index in [1.807, 2.05) is 37.4 Å². The highest BCUT2D eigenvalue weighted by molar-refractivity contribution is 7.89. The van der Waals surface area contributed by atoms with Gasteiger partial charge in [-0.25, -0.2) is 8.42 Å². The Balaban J connectivity index is 1.81. The number of nitrogens with one attached hydrogen (secondary N) is 1. The monoisotopic (exact) mass is 352 g/mol. The number of nitrogens with zero attached hydrogens (tertiary/aromatic N) is 1. The molecular formula is C17H21ClN2O2S. The van der Waals surface area contributed by atoms with Gasteiger partial charge in [0.2, 0.25) is 10.0 Å². The number of halogens is 1. The second kappa shape index (κ2) is 6.67. The molecule has 1 aliphatic heterocycles. The molecular weight excluding hydrogens is 332 g/mol. The van der Waals surface area contributed by atoms with E-state index < -0.39 is 10.0 Å². The lowest BCUT2D eigenvalue weighted by Gasteiger charge is -2.25. The zero-order chi connectivity index (χ0) is 16.4. The maximum atomic E-state index is 12.3. The van der Waals surface area contributed by atoms with Crippen molar-refractivity contribution in [3.05, 3.63) is 41.1 Å². The Morgan fingerprint density at radius 3 is 2.87 bits per heavy atom. The van der Waals surface area contributed by atoms with Gasteiger partial charge in [0.05, 0.1) is 5.75 Å². The molecule has 0 fully saturated rings. The third-order valence-electron chi connectivity index (χ3n) is 4.31. The zero-order valence-corrected chi connectivity index (χ0v) is 14.8. The Kier molecular flexibility index (Phi) is 4.80. The predicted octanol–water partition coefficient (Wildman–Crippen LogP) is 4.04. The second-order valence-electron chi connectivity index (χ2n) is 5.90. The molecule has 0 saturated carbocycles. The van der Waals surface area contributed by atoms with Crippen LogP contribution in [0.25, 0.3) is 16.5 Å². The molecule has 0 atom stereocenters. The van der Waals surface area contributed by atoms with E-state index in [4.69, 9.17) is 11.6 Å². The maximum Gasteiger partial charge on any atom is 0.214 e. The van der Waals surface area contributed by atoms with E-state index in [9.17, 15) is 8.42 Å². The molecule has 1 aromatic heterocycles. The summed E-state index contributed by atoms with van der Waals surface area (Å²) in [5.41, 5.74) is 3.34. The number of hydrogen-bond acceptors (Lipinski definition) is 2. The first-order valence-corrected chi connectivity index (χ1v) is 9.94. The summed E-state index contributed by atoms with van der Waals surface area (Å²) in [5.74, 6) is 0.248. The Morgan fingerprint density at radius 1 is 1.35 bits per heavy atom. The Morgan fingerprint density at radius 2 is 2.17 bits per heavy atom. The molecule has 3 rings (SSSR count). The van der Waals surface area contributed by atoms with Crippen LogP contribution in [-0.4, -0.2) is 36.5 Å². The van der Waals surface area contributed by atoms with Crippen molar-refractivity contribution in [1.82, 2.24) is 9.29 Å². The van der Waals surface area contributed by atoms with E-state index in [0.717, 1.165) is 35.7 Å². The number of sulfonamides is 1. The molecule has 0 spiro atoms. The van der Waals surface area contributed by atoms with E-state index in [-0.39, 0.29) is 5.75 Å². The highest BCUT2D eigenvalue weighted by atomic mass is 35.5. The van der Waals surface area contributed by atoms with Crippen molar-refractivity contribution < 1.29 is 8.42 Å². The van der Waals surface area contributed by atoms with Gasteiger partial charge in [-0.05, 0) is 30.5 Å². The van der Waals surface area contributed by atoms with E-state index in [0.29, 0.717) is 18.1 Å². The zero-order valence-electron chi connectivity index (χ0n) is 13.2. The summed E-state index contributed by atoms with van der Waals surface area (Å²) in [4.78, 5) is 3.24. The number of aromatic nitrogens is 1. The highest BCUT2D eigenvalue weighted by Gasteiger charge is 2.24. The number of rotatable bonds is 5. The van der Waals surface area contributed by atoms with Gasteiger partial charge in [0.25, 0.3) is 0 Å². The van der Waals surface area contributed by atoms with Gasteiger partial charge < -0.3 is 4.98 Å². The first-order chi connectivity index (χ1) is 11.0. The second-order valence-corrected chi connectivity index (χ2v) is 8.42. The molecule has 0 amide bonds. The van der Waals surface area contributed by atoms with Crippen molar-refractivity contribution in [1.29, 1.82) is 0 Å². The molecule has 6 heteroatoms. The van der Waals surface area contributed by atoms with E-state index in [1.54, 1.807) is 4.31 Å². The van der Waals surface area contributed by atoms with E-state index >= 15 is 0 Å². The van der Waals surface area contributed by atoms with Crippen LogP contribution in [0.1, 0.15) is 31.7 Å². The van der Waals surface area contributed by atoms with Crippen LogP contribution in [0, 0.1) is 0 Å². The summed E-state index contributed by atoms with van der Waals surface area (Å²) >= 11 is 6.02. The fourth-order valence-corrected chi connectivity index (χ4v) is 4.72. The van der Waals surface area contributed by atoms with Crippen molar-refractivity contribution in [2.24, 2.45) is 0 Å². The molecule has 4 nitrogen and oxygen atoms in total. The molecule has 23 heavy (non-hydrogen) atoms. The van der Waals surface area contributed by atoms with Gasteiger partial charge in [-0.1, -0.05) is 37.1 Å². The Bertz CT molecular complexity index is 839. The third-order valence-corrected chi connectivity index (χ3v) is 6.47. The molecule has 1 aromatic carbocycles. The Labute approximate surface area is 142 Å². The molecule has 0 bridgehead atoms. The lowest BCUT2D eigenvalue weighted by molar-refractivity contribution is 0.440. The highest BCUT2D eigenvalue weighted by Crippen LogP contribution is 2.31. The van der Waals surface area contributed by atoms with E-state index in [2.05, 4.69) is 4.98 Å². The van der Waals surface area contributed by atoms with Crippen LogP contribution in [0.2, 0.25) is 5.02 Å². The summed E-state index contributed by atoms with van der Waals surface area (Å²) in [6.07, 6.45) is 6.36. The molecule has 0 unspecified atom stereocenters. The van der Waals surface area contributed by atoms with Gasteiger partial charge in [-0.15, -0.1) is 0 Å². The minimum Gasteiger partial charge on any atom is -0.361 e. The lowest BCUT2D eigenvalue weighted by atomic mass is 10.00. The Hall–Kier alpha value is -1.30. The number of hydrogen-bond donors (Lipinski definition) is 1. The molecule has 0 radical (unpaired) electrons. The van der Waals surface area contributed by atoms with Crippen LogP contribution in [-0.2, 0) is 10.0 Å². The SMILES string of the molecule is CCCCS(=O)(=O)N1CC=C(c2c[nH]c3cc(Cl)ccc23)CC1. The smallest absolute Gasteiger partial charge is 0.214 e. The van der Waals surface area contributed by atoms with Crippen LogP contribution in [0.3, 0.4) is 0 Å². The van der Waals surface area contributed by atoms with Crippen molar-refractivity contribution in [2.75, 3.05) is 18.8 Å². The molecule has 0 saturated heterocycles. The predicted molar refractivity (Wildman–Crippen MR) is 96.2 cm³/mol. The maximum absolute atomic E-state index is 12.3. The number of fused-ring (bicyclic) bond motifs is 1. The largest absolute Gasteiger partial charge is 0.361 e. The van der Waals surface area contributed by atoms with Gasteiger partial charge in [0, 0.05) is 40.8 Å². The van der Waals surface area contributed by atoms with E-state index in [1.165, 1.54) is 5.57 Å². The van der Waals surface area contributed by atoms with Crippen LogP contribution < -0.4 is 0 Å². The van der Waals surface area contributed by atoms with Crippen molar-refractivity contribution in [3.63, 3.8) is 0 Å². The van der Waals surface area contributed by atoms with Gasteiger partial charge >= 0.3 is 0 Å². The first-order valence-electron chi connectivity index (χ1n) is 7.95. The first kappa shape index (κ1) is 16.6. The molecule has 0 aliphatic carbocycles. The topological polar surface area (TPSA) is 53.2 Å². The third kappa shape index (κ3) is 3.47. The van der Waals surface area contributed by atoms with Crippen LogP contribution in [0.15, 0.2) is 30.5 Å². The summed E-state index contributed by atoms with van der Waals surface area (Å²) in [6.45, 7) is 3.02. The van der Waals surface area contributed by atoms with Crippen LogP contribution in [0.5, 0.6) is 0 Å². The quantitative estimate of drug-likeness (QED) is 0.882. The number of aromatic amines is 1. The fourth-order valence-electron chi connectivity index (χ4n) is 2.97. The molecule has 1 N–H and O–H groups in total. The average Bonchev–Trinajstić information content (AvgIpc) is 2.96. The number of benzene rings is 1. The molecule has 2 aromatic rings. The molecule has 2 heterocycles. The standard InChI is InChI=1S/C17H21ClN2O2S/c1-2-3-10-23(21,22)20-8-6-13(7-9-20)16-12-19-17-11-14(18)4-5-15(16)17/h4-6,11-12,19H,2-3,7-10H2,1H3. The lowest BCUT2D eigenvalue weighted by Crippen LogP contribution is -2.36. The van der Waals surface area contributed by atoms with Gasteiger partial charge in [-0.3, -0.25) is 0 Å². The summed E-state index contributed by atoms with van der Waals surface area (Å²) in [7, 11) is -3.12. The summed E-state index contributed by atoms with van der Waals surface area (Å²) < 4.78 is 26.1.